The van der Waals surface area contributed by atoms with Crippen LogP contribution in [0.3, 0.4) is 0 Å². The topological polar surface area (TPSA) is 121 Å². The van der Waals surface area contributed by atoms with E-state index in [4.69, 9.17) is 4.74 Å². The SMILES string of the molecule is COc1ccc(C)cc1NC(=O)C1CC(=O)NC2NC(Nc3ccc(F)cc3)NC(=O)C21. The van der Waals surface area contributed by atoms with Gasteiger partial charge in [-0.15, -0.1) is 0 Å². The average Bonchev–Trinajstić information content (AvgIpc) is 2.74. The first-order valence-electron chi connectivity index (χ1n) is 10.2. The third-order valence-electron chi connectivity index (χ3n) is 5.55. The largest absolute Gasteiger partial charge is 0.495 e. The molecule has 32 heavy (non-hydrogen) atoms. The Morgan fingerprint density at radius 1 is 1.12 bits per heavy atom. The number of aryl methyl sites for hydroxylation is 1. The number of carbonyl (C=O) groups excluding carboxylic acids is 3. The van der Waals surface area contributed by atoms with Gasteiger partial charge in [0, 0.05) is 12.1 Å². The van der Waals surface area contributed by atoms with E-state index in [2.05, 4.69) is 26.6 Å². The number of amides is 3. The normalized spacial score (nSPS) is 24.6. The molecular formula is C22H24FN5O4. The Balaban J connectivity index is 1.50. The molecule has 5 N–H and O–H groups in total. The molecule has 9 nitrogen and oxygen atoms in total. The summed E-state index contributed by atoms with van der Waals surface area (Å²) in [5, 5.41) is 14.4. The molecule has 2 aliphatic rings. The van der Waals surface area contributed by atoms with Gasteiger partial charge in [-0.25, -0.2) is 4.39 Å². The van der Waals surface area contributed by atoms with Gasteiger partial charge in [0.15, 0.2) is 6.29 Å². The van der Waals surface area contributed by atoms with E-state index in [0.29, 0.717) is 17.1 Å². The molecule has 168 valence electrons. The minimum Gasteiger partial charge on any atom is -0.495 e. The second-order valence-corrected chi connectivity index (χ2v) is 7.83. The van der Waals surface area contributed by atoms with Crippen LogP contribution in [0, 0.1) is 24.6 Å². The van der Waals surface area contributed by atoms with Gasteiger partial charge in [-0.2, -0.15) is 0 Å². The van der Waals surface area contributed by atoms with Crippen LogP contribution in [0.2, 0.25) is 0 Å². The van der Waals surface area contributed by atoms with Crippen LogP contribution in [0.25, 0.3) is 0 Å². The number of halogens is 1. The maximum atomic E-state index is 13.1. The van der Waals surface area contributed by atoms with Gasteiger partial charge < -0.3 is 26.0 Å². The number of nitrogens with one attached hydrogen (secondary N) is 5. The average molecular weight is 441 g/mol. The second-order valence-electron chi connectivity index (χ2n) is 7.83. The van der Waals surface area contributed by atoms with Crippen molar-refractivity contribution in [3.8, 4) is 5.75 Å². The predicted molar refractivity (Wildman–Crippen MR) is 115 cm³/mol. The lowest BCUT2D eigenvalue weighted by Crippen LogP contribution is -2.72. The van der Waals surface area contributed by atoms with Crippen molar-refractivity contribution in [2.45, 2.75) is 25.8 Å². The fraction of sp³-hybridized carbons (Fsp3) is 0.318. The van der Waals surface area contributed by atoms with E-state index in [-0.39, 0.29) is 24.1 Å². The van der Waals surface area contributed by atoms with Crippen molar-refractivity contribution < 1.29 is 23.5 Å². The summed E-state index contributed by atoms with van der Waals surface area (Å²) >= 11 is 0. The summed E-state index contributed by atoms with van der Waals surface area (Å²) < 4.78 is 18.4. The number of methoxy groups -OCH3 is 1. The highest BCUT2D eigenvalue weighted by atomic mass is 19.1. The van der Waals surface area contributed by atoms with Crippen LogP contribution in [0.5, 0.6) is 5.75 Å². The Labute approximate surface area is 184 Å². The monoisotopic (exact) mass is 441 g/mol. The van der Waals surface area contributed by atoms with E-state index in [0.717, 1.165) is 5.56 Å². The van der Waals surface area contributed by atoms with Gasteiger partial charge in [-0.05, 0) is 48.9 Å². The van der Waals surface area contributed by atoms with E-state index in [1.807, 2.05) is 13.0 Å². The Morgan fingerprint density at radius 3 is 2.59 bits per heavy atom. The molecule has 4 atom stereocenters. The number of benzene rings is 2. The summed E-state index contributed by atoms with van der Waals surface area (Å²) in [6.07, 6.45) is -1.59. The van der Waals surface area contributed by atoms with Gasteiger partial charge >= 0.3 is 0 Å². The standard InChI is InChI=1S/C22H24FN5O4/c1-11-3-8-16(32-2)15(9-11)25-20(30)14-10-17(29)26-19-18(14)21(31)28-22(27-19)24-13-6-4-12(23)5-7-13/h3-9,14,18-19,22,24,27H,10H2,1-2H3,(H,25,30)(H,26,29)(H,28,31). The van der Waals surface area contributed by atoms with Crippen molar-refractivity contribution in [1.29, 1.82) is 0 Å². The minimum absolute atomic E-state index is 0.119. The second kappa shape index (κ2) is 8.83. The molecule has 2 aliphatic heterocycles. The maximum absolute atomic E-state index is 13.1. The van der Waals surface area contributed by atoms with Crippen LogP contribution in [-0.2, 0) is 14.4 Å². The highest BCUT2D eigenvalue weighted by Gasteiger charge is 2.48. The van der Waals surface area contributed by atoms with Crippen LogP contribution in [-0.4, -0.2) is 37.3 Å². The first-order valence-corrected chi connectivity index (χ1v) is 10.2. The summed E-state index contributed by atoms with van der Waals surface area (Å²) in [6, 6.07) is 11.0. The third kappa shape index (κ3) is 4.50. The van der Waals surface area contributed by atoms with Gasteiger partial charge in [0.1, 0.15) is 11.6 Å². The lowest BCUT2D eigenvalue weighted by atomic mass is 9.81. The summed E-state index contributed by atoms with van der Waals surface area (Å²) in [4.78, 5) is 38.3. The van der Waals surface area contributed by atoms with Gasteiger partial charge in [-0.3, -0.25) is 19.7 Å². The van der Waals surface area contributed by atoms with Crippen LogP contribution < -0.4 is 31.3 Å². The Hall–Kier alpha value is -3.66. The molecule has 4 rings (SSSR count). The number of hydrogen-bond donors (Lipinski definition) is 5. The Kier molecular flexibility index (Phi) is 5.95. The molecule has 0 bridgehead atoms. The number of piperidine rings is 1. The van der Waals surface area contributed by atoms with Crippen molar-refractivity contribution in [2.24, 2.45) is 11.8 Å². The molecule has 0 aromatic heterocycles. The van der Waals surface area contributed by atoms with Gasteiger partial charge in [0.25, 0.3) is 0 Å². The van der Waals surface area contributed by atoms with Crippen molar-refractivity contribution in [3.05, 3.63) is 53.8 Å². The first kappa shape index (κ1) is 21.6. The summed E-state index contributed by atoms with van der Waals surface area (Å²) in [6.45, 7) is 1.88. The zero-order valence-corrected chi connectivity index (χ0v) is 17.6. The third-order valence-corrected chi connectivity index (χ3v) is 5.55. The van der Waals surface area contributed by atoms with Gasteiger partial charge in [-0.1, -0.05) is 6.07 Å². The number of ether oxygens (including phenoxy) is 1. The number of carbonyl (C=O) groups is 3. The van der Waals surface area contributed by atoms with Crippen molar-refractivity contribution >= 4 is 29.1 Å². The predicted octanol–water partition coefficient (Wildman–Crippen LogP) is 1.27. The molecule has 0 spiro atoms. The Morgan fingerprint density at radius 2 is 1.88 bits per heavy atom. The molecule has 3 amide bonds. The molecule has 0 radical (unpaired) electrons. The molecular weight excluding hydrogens is 417 g/mol. The van der Waals surface area contributed by atoms with E-state index < -0.39 is 30.2 Å². The highest BCUT2D eigenvalue weighted by Crippen LogP contribution is 2.30. The molecule has 4 unspecified atom stereocenters. The van der Waals surface area contributed by atoms with Gasteiger partial charge in [0.2, 0.25) is 17.7 Å². The van der Waals surface area contributed by atoms with E-state index >= 15 is 0 Å². The molecule has 2 saturated heterocycles. The maximum Gasteiger partial charge on any atom is 0.229 e. The smallest absolute Gasteiger partial charge is 0.229 e. The molecule has 2 aromatic carbocycles. The fourth-order valence-electron chi connectivity index (χ4n) is 4.01. The number of anilines is 2. The number of fused-ring (bicyclic) bond motifs is 1. The van der Waals surface area contributed by atoms with Crippen LogP contribution in [0.1, 0.15) is 12.0 Å². The lowest BCUT2D eigenvalue weighted by molar-refractivity contribution is -0.144. The molecule has 0 saturated carbocycles. The van der Waals surface area contributed by atoms with E-state index in [9.17, 15) is 18.8 Å². The van der Waals surface area contributed by atoms with Crippen LogP contribution >= 0.6 is 0 Å². The quantitative estimate of drug-likeness (QED) is 0.477. The summed E-state index contributed by atoms with van der Waals surface area (Å²) in [7, 11) is 1.50. The van der Waals surface area contributed by atoms with E-state index in [1.165, 1.54) is 31.4 Å². The summed E-state index contributed by atoms with van der Waals surface area (Å²) in [5.74, 6) is -2.76. The molecule has 0 aliphatic carbocycles. The lowest BCUT2D eigenvalue weighted by Gasteiger charge is -2.43. The first-order chi connectivity index (χ1) is 15.3. The van der Waals surface area contributed by atoms with E-state index in [1.54, 1.807) is 12.1 Å². The van der Waals surface area contributed by atoms with Crippen LogP contribution in [0.4, 0.5) is 15.8 Å². The number of rotatable bonds is 5. The van der Waals surface area contributed by atoms with Crippen LogP contribution in [0.15, 0.2) is 42.5 Å². The fourth-order valence-corrected chi connectivity index (χ4v) is 4.01. The zero-order chi connectivity index (χ0) is 22.8. The molecule has 2 fully saturated rings. The molecule has 2 heterocycles. The molecule has 10 heteroatoms. The van der Waals surface area contributed by atoms with Crippen molar-refractivity contribution in [1.82, 2.24) is 16.0 Å². The Bertz CT molecular complexity index is 1050. The number of hydrogen-bond acceptors (Lipinski definition) is 6. The van der Waals surface area contributed by atoms with Crippen molar-refractivity contribution in [2.75, 3.05) is 17.7 Å². The minimum atomic E-state index is -0.877. The summed E-state index contributed by atoms with van der Waals surface area (Å²) in [5.41, 5.74) is 1.97. The van der Waals surface area contributed by atoms with Gasteiger partial charge in [0.05, 0.1) is 30.8 Å². The highest BCUT2D eigenvalue weighted by molar-refractivity contribution is 6.01. The molecule has 2 aromatic rings. The zero-order valence-electron chi connectivity index (χ0n) is 17.6. The van der Waals surface area contributed by atoms with Crippen molar-refractivity contribution in [3.63, 3.8) is 0 Å².